The molecule has 0 radical (unpaired) electrons. The van der Waals surface area contributed by atoms with Gasteiger partial charge in [-0.2, -0.15) is 13.2 Å². The molecule has 1 saturated heterocycles. The van der Waals surface area contributed by atoms with Crippen LogP contribution in [0.3, 0.4) is 0 Å². The lowest BCUT2D eigenvalue weighted by atomic mass is 10.1. The number of aliphatic carboxylic acids is 1. The molecule has 1 atom stereocenters. The lowest BCUT2D eigenvalue weighted by Gasteiger charge is -2.15. The topological polar surface area (TPSA) is 95.2 Å². The third-order valence-electron chi connectivity index (χ3n) is 5.44. The number of imidazole rings is 1. The second kappa shape index (κ2) is 9.96. The summed E-state index contributed by atoms with van der Waals surface area (Å²) in [5, 5.41) is 9.34. The van der Waals surface area contributed by atoms with E-state index in [0.717, 1.165) is 47.8 Å². The van der Waals surface area contributed by atoms with Crippen molar-refractivity contribution in [2.24, 2.45) is 5.73 Å². The average molecular weight is 489 g/mol. The summed E-state index contributed by atoms with van der Waals surface area (Å²) >= 11 is 1.73. The standard InChI is InChI=1S/C22H22N4S.C2HF3O2/c23-18-8-9-26(13-18)12-15-4-3-5-16(10-15)17-11-21(27-14-17)22-24-19-6-1-2-7-20(19)25-22;3-2(4,5)1(6)7/h1-7,10-11,14,18H,8-9,12-13,23H2,(H,24,25);(H,6,7). The Balaban J connectivity index is 0.000000344. The first kappa shape index (κ1) is 23.9. The number of H-pyrrole nitrogens is 1. The SMILES string of the molecule is NC1CCN(Cc2cccc(-c3csc(-c4nc5ccccc5[nH]4)c3)c2)C1.O=C(O)C(F)(F)F. The van der Waals surface area contributed by atoms with Crippen molar-refractivity contribution >= 4 is 28.3 Å². The van der Waals surface area contributed by atoms with E-state index in [1.165, 1.54) is 16.7 Å². The number of thiophene rings is 1. The molecule has 5 rings (SSSR count). The third-order valence-corrected chi connectivity index (χ3v) is 6.38. The number of likely N-dealkylation sites (tertiary alicyclic amines) is 1. The van der Waals surface area contributed by atoms with Gasteiger partial charge in [0.2, 0.25) is 0 Å². The van der Waals surface area contributed by atoms with Crippen molar-refractivity contribution in [1.29, 1.82) is 0 Å². The number of nitrogens with one attached hydrogen (secondary N) is 1. The van der Waals surface area contributed by atoms with Crippen molar-refractivity contribution in [1.82, 2.24) is 14.9 Å². The largest absolute Gasteiger partial charge is 0.490 e. The van der Waals surface area contributed by atoms with Gasteiger partial charge in [-0.3, -0.25) is 4.90 Å². The molecule has 10 heteroatoms. The monoisotopic (exact) mass is 488 g/mol. The van der Waals surface area contributed by atoms with Crippen LogP contribution in [-0.2, 0) is 11.3 Å². The number of carboxylic acid groups (broad SMARTS) is 1. The molecule has 1 unspecified atom stereocenters. The highest BCUT2D eigenvalue weighted by Gasteiger charge is 2.38. The molecule has 0 amide bonds. The van der Waals surface area contributed by atoms with Crippen LogP contribution in [0, 0.1) is 0 Å². The average Bonchev–Trinajstić information content (AvgIpc) is 3.53. The zero-order valence-electron chi connectivity index (χ0n) is 18.0. The van der Waals surface area contributed by atoms with Gasteiger partial charge in [0.15, 0.2) is 0 Å². The number of aromatic nitrogens is 2. The zero-order valence-corrected chi connectivity index (χ0v) is 18.9. The molecular weight excluding hydrogens is 465 g/mol. The van der Waals surface area contributed by atoms with Crippen molar-refractivity contribution in [3.8, 4) is 21.8 Å². The Hall–Kier alpha value is -3.21. The lowest BCUT2D eigenvalue weighted by Crippen LogP contribution is -2.26. The van der Waals surface area contributed by atoms with E-state index < -0.39 is 12.1 Å². The Morgan fingerprint density at radius 3 is 2.62 bits per heavy atom. The number of carboxylic acids is 1. The maximum Gasteiger partial charge on any atom is 0.490 e. The van der Waals surface area contributed by atoms with E-state index in [9.17, 15) is 13.2 Å². The third kappa shape index (κ3) is 5.82. The molecule has 0 saturated carbocycles. The zero-order chi connectivity index (χ0) is 24.3. The molecule has 2 aromatic heterocycles. The van der Waals surface area contributed by atoms with Crippen LogP contribution in [0.4, 0.5) is 13.2 Å². The predicted molar refractivity (Wildman–Crippen MR) is 126 cm³/mol. The summed E-state index contributed by atoms with van der Waals surface area (Å²) in [5.41, 5.74) is 12.0. The van der Waals surface area contributed by atoms with Gasteiger partial charge in [0.1, 0.15) is 5.82 Å². The summed E-state index contributed by atoms with van der Waals surface area (Å²) in [7, 11) is 0. The minimum atomic E-state index is -5.08. The van der Waals surface area contributed by atoms with E-state index >= 15 is 0 Å². The number of aromatic amines is 1. The number of hydrogen-bond acceptors (Lipinski definition) is 5. The predicted octanol–water partition coefficient (Wildman–Crippen LogP) is 5.12. The van der Waals surface area contributed by atoms with Gasteiger partial charge < -0.3 is 15.8 Å². The molecule has 0 aliphatic carbocycles. The molecule has 3 heterocycles. The van der Waals surface area contributed by atoms with E-state index in [2.05, 4.69) is 51.7 Å². The highest BCUT2D eigenvalue weighted by Crippen LogP contribution is 2.32. The first-order chi connectivity index (χ1) is 16.2. The highest BCUT2D eigenvalue weighted by atomic mass is 32.1. The molecule has 6 nitrogen and oxygen atoms in total. The van der Waals surface area contributed by atoms with Gasteiger partial charge in [-0.15, -0.1) is 11.3 Å². The van der Waals surface area contributed by atoms with Gasteiger partial charge in [0.05, 0.1) is 15.9 Å². The molecule has 0 bridgehead atoms. The van der Waals surface area contributed by atoms with E-state index in [1.807, 2.05) is 18.2 Å². The lowest BCUT2D eigenvalue weighted by molar-refractivity contribution is -0.192. The summed E-state index contributed by atoms with van der Waals surface area (Å²) in [6.07, 6.45) is -3.98. The van der Waals surface area contributed by atoms with E-state index in [4.69, 9.17) is 20.6 Å². The maximum absolute atomic E-state index is 10.6. The Bertz CT molecular complexity index is 1250. The number of nitrogens with zero attached hydrogens (tertiary/aromatic N) is 2. The molecule has 1 aliphatic heterocycles. The molecule has 4 N–H and O–H groups in total. The maximum atomic E-state index is 10.6. The quantitative estimate of drug-likeness (QED) is 0.370. The number of para-hydroxylation sites is 2. The van der Waals surface area contributed by atoms with Crippen LogP contribution in [0.5, 0.6) is 0 Å². The van der Waals surface area contributed by atoms with Crippen LogP contribution in [0.1, 0.15) is 12.0 Å². The van der Waals surface area contributed by atoms with Gasteiger partial charge >= 0.3 is 12.1 Å². The minimum Gasteiger partial charge on any atom is -0.475 e. The number of nitrogens with two attached hydrogens (primary N) is 1. The van der Waals surface area contributed by atoms with Crippen molar-refractivity contribution in [2.45, 2.75) is 25.2 Å². The number of rotatable bonds is 4. The van der Waals surface area contributed by atoms with Crippen molar-refractivity contribution in [3.63, 3.8) is 0 Å². The first-order valence-corrected chi connectivity index (χ1v) is 11.5. The fraction of sp³-hybridized carbons (Fsp3) is 0.250. The van der Waals surface area contributed by atoms with Gasteiger partial charge in [0, 0.05) is 25.7 Å². The molecule has 1 fully saturated rings. The van der Waals surface area contributed by atoms with Gasteiger partial charge in [0.25, 0.3) is 0 Å². The molecule has 34 heavy (non-hydrogen) atoms. The van der Waals surface area contributed by atoms with Gasteiger partial charge in [-0.25, -0.2) is 9.78 Å². The number of carbonyl (C=O) groups is 1. The van der Waals surface area contributed by atoms with Crippen LogP contribution in [0.15, 0.2) is 60.0 Å². The summed E-state index contributed by atoms with van der Waals surface area (Å²) in [6.45, 7) is 3.07. The number of benzene rings is 2. The minimum absolute atomic E-state index is 0.330. The molecule has 4 aromatic rings. The van der Waals surface area contributed by atoms with E-state index in [-0.39, 0.29) is 0 Å². The van der Waals surface area contributed by atoms with Crippen molar-refractivity contribution in [2.75, 3.05) is 13.1 Å². The fourth-order valence-electron chi connectivity index (χ4n) is 3.79. The summed E-state index contributed by atoms with van der Waals surface area (Å²) in [4.78, 5) is 20.6. The van der Waals surface area contributed by atoms with Gasteiger partial charge in [-0.05, 0) is 52.8 Å². The molecular formula is C24H23F3N4O2S. The first-order valence-electron chi connectivity index (χ1n) is 10.6. The molecule has 0 spiro atoms. The normalized spacial score (nSPS) is 16.4. The smallest absolute Gasteiger partial charge is 0.475 e. The Morgan fingerprint density at radius 1 is 1.18 bits per heavy atom. The summed E-state index contributed by atoms with van der Waals surface area (Å²) < 4.78 is 31.7. The van der Waals surface area contributed by atoms with E-state index in [1.54, 1.807) is 11.3 Å². The number of alkyl halides is 3. The van der Waals surface area contributed by atoms with Crippen molar-refractivity contribution < 1.29 is 23.1 Å². The Labute approximate surface area is 197 Å². The second-order valence-corrected chi connectivity index (χ2v) is 9.00. The molecule has 1 aliphatic rings. The summed E-state index contributed by atoms with van der Waals surface area (Å²) in [6, 6.07) is 19.6. The fourth-order valence-corrected chi connectivity index (χ4v) is 4.66. The van der Waals surface area contributed by atoms with Crippen LogP contribution in [0.25, 0.3) is 32.9 Å². The Kier molecular flexibility index (Phi) is 7.01. The number of hydrogen-bond donors (Lipinski definition) is 3. The number of halogens is 3. The van der Waals surface area contributed by atoms with Crippen LogP contribution in [0.2, 0.25) is 0 Å². The van der Waals surface area contributed by atoms with Crippen molar-refractivity contribution in [3.05, 3.63) is 65.5 Å². The Morgan fingerprint density at radius 2 is 1.94 bits per heavy atom. The molecule has 2 aromatic carbocycles. The molecule has 178 valence electrons. The van der Waals surface area contributed by atoms with Crippen LogP contribution >= 0.6 is 11.3 Å². The van der Waals surface area contributed by atoms with Crippen LogP contribution < -0.4 is 5.73 Å². The second-order valence-electron chi connectivity index (χ2n) is 8.09. The highest BCUT2D eigenvalue weighted by molar-refractivity contribution is 7.13. The summed E-state index contributed by atoms with van der Waals surface area (Å²) in [5.74, 6) is -1.82. The van der Waals surface area contributed by atoms with E-state index in [0.29, 0.717) is 6.04 Å². The van der Waals surface area contributed by atoms with Crippen LogP contribution in [-0.4, -0.2) is 51.3 Å². The number of fused-ring (bicyclic) bond motifs is 1. The van der Waals surface area contributed by atoms with Gasteiger partial charge in [-0.1, -0.05) is 30.3 Å².